The molecular weight excluding hydrogens is 294 g/mol. The molecule has 106 valence electrons. The summed E-state index contributed by atoms with van der Waals surface area (Å²) in [6.45, 7) is 0. The fourth-order valence-corrected chi connectivity index (χ4v) is 2.00. The summed E-state index contributed by atoms with van der Waals surface area (Å²) in [5.74, 6) is 0.0199. The predicted octanol–water partition coefficient (Wildman–Crippen LogP) is 0.820. The molecule has 9 heteroatoms. The SMILES string of the molecule is Nc1[nH]nc2nc(N)n(/N=C/c3ccccc3Cl)c(=O)c12. The molecule has 0 amide bonds. The van der Waals surface area contributed by atoms with Crippen LogP contribution in [0.3, 0.4) is 0 Å². The lowest BCUT2D eigenvalue weighted by atomic mass is 10.2. The maximum atomic E-state index is 12.3. The first-order valence-corrected chi connectivity index (χ1v) is 6.26. The molecule has 0 fully saturated rings. The number of nitrogens with two attached hydrogens (primary N) is 2. The maximum absolute atomic E-state index is 12.3. The van der Waals surface area contributed by atoms with Gasteiger partial charge in [-0.2, -0.15) is 19.9 Å². The second-order valence-corrected chi connectivity index (χ2v) is 4.60. The van der Waals surface area contributed by atoms with Gasteiger partial charge in [-0.1, -0.05) is 29.8 Å². The van der Waals surface area contributed by atoms with Gasteiger partial charge in [0.2, 0.25) is 5.95 Å². The number of nitrogens with zero attached hydrogens (tertiary/aromatic N) is 4. The van der Waals surface area contributed by atoms with E-state index >= 15 is 0 Å². The average molecular weight is 304 g/mol. The van der Waals surface area contributed by atoms with Crippen molar-refractivity contribution in [2.75, 3.05) is 11.5 Å². The lowest BCUT2D eigenvalue weighted by Crippen LogP contribution is -2.21. The molecule has 0 aliphatic heterocycles. The number of aromatic amines is 1. The number of halogens is 1. The average Bonchev–Trinajstić information content (AvgIpc) is 2.81. The van der Waals surface area contributed by atoms with Crippen molar-refractivity contribution in [3.63, 3.8) is 0 Å². The van der Waals surface area contributed by atoms with Gasteiger partial charge in [0.05, 0.1) is 6.21 Å². The van der Waals surface area contributed by atoms with Crippen molar-refractivity contribution in [1.29, 1.82) is 0 Å². The highest BCUT2D eigenvalue weighted by atomic mass is 35.5. The molecule has 0 aliphatic rings. The largest absolute Gasteiger partial charge is 0.383 e. The van der Waals surface area contributed by atoms with Crippen molar-refractivity contribution in [1.82, 2.24) is 19.9 Å². The van der Waals surface area contributed by atoms with Crippen LogP contribution in [-0.2, 0) is 0 Å². The van der Waals surface area contributed by atoms with Gasteiger partial charge in [0.1, 0.15) is 11.2 Å². The molecule has 0 unspecified atom stereocenters. The molecule has 2 aromatic heterocycles. The van der Waals surface area contributed by atoms with Gasteiger partial charge in [0, 0.05) is 10.6 Å². The Labute approximate surface area is 123 Å². The van der Waals surface area contributed by atoms with Crippen LogP contribution >= 0.6 is 11.6 Å². The van der Waals surface area contributed by atoms with E-state index in [1.807, 2.05) is 0 Å². The molecule has 2 heterocycles. The van der Waals surface area contributed by atoms with Crippen molar-refractivity contribution in [3.05, 3.63) is 45.2 Å². The molecule has 3 aromatic rings. The standard InChI is InChI=1S/C12H10ClN7O/c13-7-4-2-1-3-6(7)5-16-20-11(21)8-9(14)18-19-10(8)17-12(20)15/h1-5H,(H5,14,15,17,18,19)/b16-5+. The Kier molecular flexibility index (Phi) is 3.07. The number of hydrogen-bond acceptors (Lipinski definition) is 6. The minimum Gasteiger partial charge on any atom is -0.383 e. The Bertz CT molecular complexity index is 912. The van der Waals surface area contributed by atoms with Crippen LogP contribution in [0.1, 0.15) is 5.56 Å². The molecular formula is C12H10ClN7O. The van der Waals surface area contributed by atoms with E-state index in [2.05, 4.69) is 20.3 Å². The van der Waals surface area contributed by atoms with Gasteiger partial charge in [-0.3, -0.25) is 9.89 Å². The number of anilines is 2. The first-order valence-electron chi connectivity index (χ1n) is 5.89. The van der Waals surface area contributed by atoms with Crippen molar-refractivity contribution in [3.8, 4) is 0 Å². The van der Waals surface area contributed by atoms with Crippen LogP contribution in [0.2, 0.25) is 5.02 Å². The lowest BCUT2D eigenvalue weighted by Gasteiger charge is -2.02. The highest BCUT2D eigenvalue weighted by molar-refractivity contribution is 6.33. The Morgan fingerprint density at radius 2 is 2.10 bits per heavy atom. The number of nitrogens with one attached hydrogen (secondary N) is 1. The van der Waals surface area contributed by atoms with Crippen LogP contribution in [0, 0.1) is 0 Å². The van der Waals surface area contributed by atoms with Crippen LogP contribution < -0.4 is 17.0 Å². The number of fused-ring (bicyclic) bond motifs is 1. The van der Waals surface area contributed by atoms with Crippen molar-refractivity contribution < 1.29 is 0 Å². The molecule has 0 aliphatic carbocycles. The highest BCUT2D eigenvalue weighted by Crippen LogP contribution is 2.14. The van der Waals surface area contributed by atoms with Crippen LogP contribution in [0.25, 0.3) is 11.0 Å². The van der Waals surface area contributed by atoms with Gasteiger partial charge in [0.15, 0.2) is 5.65 Å². The summed E-state index contributed by atoms with van der Waals surface area (Å²) in [5.41, 5.74) is 11.6. The Morgan fingerprint density at radius 1 is 1.33 bits per heavy atom. The molecule has 21 heavy (non-hydrogen) atoms. The Morgan fingerprint density at radius 3 is 2.86 bits per heavy atom. The van der Waals surface area contributed by atoms with Gasteiger partial charge in [0.25, 0.3) is 5.56 Å². The molecule has 8 nitrogen and oxygen atoms in total. The Hall–Kier alpha value is -2.87. The molecule has 0 atom stereocenters. The van der Waals surface area contributed by atoms with E-state index in [1.54, 1.807) is 24.3 Å². The lowest BCUT2D eigenvalue weighted by molar-refractivity contribution is 0.834. The molecule has 0 saturated heterocycles. The monoisotopic (exact) mass is 303 g/mol. The van der Waals surface area contributed by atoms with E-state index in [4.69, 9.17) is 23.1 Å². The number of benzene rings is 1. The molecule has 0 spiro atoms. The number of H-pyrrole nitrogens is 1. The summed E-state index contributed by atoms with van der Waals surface area (Å²) in [6.07, 6.45) is 1.42. The Balaban J connectivity index is 2.15. The summed E-state index contributed by atoms with van der Waals surface area (Å²) in [4.78, 5) is 16.3. The zero-order chi connectivity index (χ0) is 15.0. The molecule has 1 aromatic carbocycles. The third-order valence-corrected chi connectivity index (χ3v) is 3.18. The minimum absolute atomic E-state index is 0.0951. The number of rotatable bonds is 2. The van der Waals surface area contributed by atoms with E-state index in [-0.39, 0.29) is 22.8 Å². The molecule has 3 rings (SSSR count). The number of hydrogen-bond donors (Lipinski definition) is 3. The van der Waals surface area contributed by atoms with Crippen molar-refractivity contribution >= 4 is 40.6 Å². The molecule has 0 radical (unpaired) electrons. The molecule has 0 saturated carbocycles. The summed E-state index contributed by atoms with van der Waals surface area (Å²) in [7, 11) is 0. The van der Waals surface area contributed by atoms with Crippen LogP contribution in [-0.4, -0.2) is 26.1 Å². The van der Waals surface area contributed by atoms with E-state index in [0.717, 1.165) is 4.68 Å². The van der Waals surface area contributed by atoms with E-state index in [0.29, 0.717) is 10.6 Å². The second-order valence-electron chi connectivity index (χ2n) is 4.19. The zero-order valence-electron chi connectivity index (χ0n) is 10.6. The van der Waals surface area contributed by atoms with Gasteiger partial charge >= 0.3 is 0 Å². The third kappa shape index (κ3) is 2.21. The third-order valence-electron chi connectivity index (χ3n) is 2.84. The summed E-state index contributed by atoms with van der Waals surface area (Å²) in [6, 6.07) is 7.06. The van der Waals surface area contributed by atoms with Crippen molar-refractivity contribution in [2.45, 2.75) is 0 Å². The normalized spacial score (nSPS) is 11.5. The maximum Gasteiger partial charge on any atom is 0.289 e. The fraction of sp³-hybridized carbons (Fsp3) is 0. The van der Waals surface area contributed by atoms with Crippen LogP contribution in [0.5, 0.6) is 0 Å². The van der Waals surface area contributed by atoms with Gasteiger partial charge < -0.3 is 11.5 Å². The van der Waals surface area contributed by atoms with Gasteiger partial charge in [-0.05, 0) is 6.07 Å². The fourth-order valence-electron chi connectivity index (χ4n) is 1.81. The van der Waals surface area contributed by atoms with Gasteiger partial charge in [-0.25, -0.2) is 0 Å². The first-order chi connectivity index (χ1) is 10.1. The summed E-state index contributed by atoms with van der Waals surface area (Å²) < 4.78 is 0.942. The first kappa shape index (κ1) is 13.1. The van der Waals surface area contributed by atoms with Crippen molar-refractivity contribution in [2.24, 2.45) is 5.10 Å². The van der Waals surface area contributed by atoms with Crippen LogP contribution in [0.4, 0.5) is 11.8 Å². The topological polar surface area (TPSA) is 128 Å². The van der Waals surface area contributed by atoms with Gasteiger partial charge in [-0.15, -0.1) is 0 Å². The smallest absolute Gasteiger partial charge is 0.289 e. The summed E-state index contributed by atoms with van der Waals surface area (Å²) >= 11 is 6.01. The highest BCUT2D eigenvalue weighted by Gasteiger charge is 2.13. The minimum atomic E-state index is -0.507. The molecule has 5 N–H and O–H groups in total. The number of aromatic nitrogens is 4. The number of nitrogen functional groups attached to an aromatic ring is 2. The zero-order valence-corrected chi connectivity index (χ0v) is 11.4. The van der Waals surface area contributed by atoms with E-state index < -0.39 is 5.56 Å². The summed E-state index contributed by atoms with van der Waals surface area (Å²) in [5, 5.41) is 10.9. The quantitative estimate of drug-likeness (QED) is 0.604. The second kappa shape index (κ2) is 4.91. The van der Waals surface area contributed by atoms with Crippen LogP contribution in [0.15, 0.2) is 34.2 Å². The van der Waals surface area contributed by atoms with E-state index in [1.165, 1.54) is 6.21 Å². The predicted molar refractivity (Wildman–Crippen MR) is 81.4 cm³/mol. The van der Waals surface area contributed by atoms with E-state index in [9.17, 15) is 4.79 Å². The molecule has 0 bridgehead atoms.